The molecule has 2 heterocycles. The molecule has 0 atom stereocenters. The second-order valence-corrected chi connectivity index (χ2v) is 9.09. The summed E-state index contributed by atoms with van der Waals surface area (Å²) in [6.45, 7) is 7.93. The summed E-state index contributed by atoms with van der Waals surface area (Å²) in [6.07, 6.45) is 1.54. The van der Waals surface area contributed by atoms with Crippen molar-refractivity contribution in [3.63, 3.8) is 0 Å². The van der Waals surface area contributed by atoms with Crippen molar-refractivity contribution in [2.24, 2.45) is 0 Å². The smallest absolute Gasteiger partial charge is 0.243 e. The highest BCUT2D eigenvalue weighted by molar-refractivity contribution is 8.00. The van der Waals surface area contributed by atoms with E-state index in [4.69, 9.17) is 0 Å². The van der Waals surface area contributed by atoms with E-state index in [1.54, 1.807) is 16.4 Å². The van der Waals surface area contributed by atoms with E-state index in [9.17, 15) is 8.42 Å². The second-order valence-electron chi connectivity index (χ2n) is 5.35. The third-order valence-electron chi connectivity index (χ3n) is 3.12. The summed E-state index contributed by atoms with van der Waals surface area (Å²) in [5.41, 5.74) is 0. The zero-order valence-corrected chi connectivity index (χ0v) is 13.7. The van der Waals surface area contributed by atoms with E-state index in [2.05, 4.69) is 24.1 Å². The molecule has 0 aromatic carbocycles. The van der Waals surface area contributed by atoms with Gasteiger partial charge in [-0.1, -0.05) is 0 Å². The molecule has 0 unspecified atom stereocenters. The topological polar surface area (TPSA) is 62.3 Å². The first kappa shape index (κ1) is 15.6. The molecule has 1 aromatic heterocycles. The predicted molar refractivity (Wildman–Crippen MR) is 83.7 cm³/mol. The largest absolute Gasteiger partial charge is 0.370 e. The van der Waals surface area contributed by atoms with Gasteiger partial charge in [0.2, 0.25) is 10.0 Å². The van der Waals surface area contributed by atoms with Crippen LogP contribution >= 0.6 is 11.8 Å². The van der Waals surface area contributed by atoms with Gasteiger partial charge >= 0.3 is 0 Å². The van der Waals surface area contributed by atoms with Gasteiger partial charge in [0, 0.05) is 42.4 Å². The number of nitrogens with one attached hydrogen (secondary N) is 1. The molecule has 0 spiro atoms. The predicted octanol–water partition coefficient (Wildman–Crippen LogP) is 2.03. The molecular formula is C13H21N3O2S2. The van der Waals surface area contributed by atoms with Crippen LogP contribution in [0.25, 0.3) is 0 Å². The lowest BCUT2D eigenvalue weighted by Gasteiger charge is -2.36. The fourth-order valence-corrected chi connectivity index (χ4v) is 5.10. The summed E-state index contributed by atoms with van der Waals surface area (Å²) in [6, 6.07) is 3.17. The minimum Gasteiger partial charge on any atom is -0.370 e. The second kappa shape index (κ2) is 5.91. The Balaban J connectivity index is 2.28. The highest BCUT2D eigenvalue weighted by Crippen LogP contribution is 2.32. The van der Waals surface area contributed by atoms with Gasteiger partial charge in [-0.25, -0.2) is 13.4 Å². The van der Waals surface area contributed by atoms with Crippen LogP contribution in [0.2, 0.25) is 0 Å². The molecule has 1 N–H and O–H groups in total. The molecule has 0 amide bonds. The molecule has 1 aliphatic heterocycles. The third-order valence-corrected chi connectivity index (χ3v) is 6.26. The number of hydrogen-bond acceptors (Lipinski definition) is 5. The maximum Gasteiger partial charge on any atom is 0.243 e. The van der Waals surface area contributed by atoms with E-state index in [-0.39, 0.29) is 4.75 Å². The Morgan fingerprint density at radius 2 is 2.25 bits per heavy atom. The van der Waals surface area contributed by atoms with Gasteiger partial charge in [-0.05, 0) is 26.8 Å². The van der Waals surface area contributed by atoms with Gasteiger partial charge in [-0.2, -0.15) is 16.1 Å². The van der Waals surface area contributed by atoms with Gasteiger partial charge in [0.15, 0.2) is 0 Å². The zero-order chi connectivity index (χ0) is 14.8. The van der Waals surface area contributed by atoms with Gasteiger partial charge in [0.25, 0.3) is 0 Å². The minimum absolute atomic E-state index is 0.0388. The van der Waals surface area contributed by atoms with E-state index in [0.717, 1.165) is 5.75 Å². The number of hydrogen-bond donors (Lipinski definition) is 1. The molecule has 5 nitrogen and oxygen atoms in total. The molecule has 0 radical (unpaired) electrons. The molecular weight excluding hydrogens is 294 g/mol. The summed E-state index contributed by atoms with van der Waals surface area (Å²) in [7, 11) is -3.43. The van der Waals surface area contributed by atoms with Gasteiger partial charge < -0.3 is 5.32 Å². The molecule has 0 aliphatic carbocycles. The summed E-state index contributed by atoms with van der Waals surface area (Å²) < 4.78 is 26.9. The Hall–Kier alpha value is -0.790. The molecule has 112 valence electrons. The van der Waals surface area contributed by atoms with Crippen molar-refractivity contribution in [2.45, 2.75) is 30.4 Å². The van der Waals surface area contributed by atoms with Crippen LogP contribution in [0.1, 0.15) is 20.8 Å². The van der Waals surface area contributed by atoms with Crippen LogP contribution in [0.15, 0.2) is 23.2 Å². The maximum atomic E-state index is 12.7. The Labute approximate surface area is 125 Å². The molecule has 0 bridgehead atoms. The number of thioether (sulfide) groups is 1. The lowest BCUT2D eigenvalue weighted by Crippen LogP contribution is -2.46. The first-order valence-corrected chi connectivity index (χ1v) is 9.12. The lowest BCUT2D eigenvalue weighted by atomic mass is 10.2. The first-order chi connectivity index (χ1) is 9.35. The van der Waals surface area contributed by atoms with Crippen LogP contribution in [-0.4, -0.2) is 47.8 Å². The van der Waals surface area contributed by atoms with Crippen LogP contribution in [0.4, 0.5) is 5.82 Å². The average Bonchev–Trinajstić information content (AvgIpc) is 2.38. The molecule has 2 rings (SSSR count). The number of rotatable bonds is 4. The molecule has 0 saturated carbocycles. The van der Waals surface area contributed by atoms with E-state index in [1.165, 1.54) is 6.20 Å². The van der Waals surface area contributed by atoms with E-state index in [0.29, 0.717) is 30.3 Å². The van der Waals surface area contributed by atoms with Crippen LogP contribution in [0.3, 0.4) is 0 Å². The maximum absolute atomic E-state index is 12.7. The average molecular weight is 315 g/mol. The van der Waals surface area contributed by atoms with Gasteiger partial charge in [0.05, 0.1) is 4.90 Å². The number of pyridine rings is 1. The standard InChI is InChI=1S/C13H21N3O2S2/c1-4-14-12-9-11(5-6-15-12)20(17,18)16-7-8-19-13(2,3)10-16/h5-6,9H,4,7-8,10H2,1-3H3,(H,14,15). The zero-order valence-electron chi connectivity index (χ0n) is 12.1. The fourth-order valence-electron chi connectivity index (χ4n) is 2.18. The van der Waals surface area contributed by atoms with E-state index in [1.807, 2.05) is 18.7 Å². The van der Waals surface area contributed by atoms with Crippen molar-refractivity contribution in [2.75, 3.05) is 30.7 Å². The monoisotopic (exact) mass is 315 g/mol. The third kappa shape index (κ3) is 3.45. The van der Waals surface area contributed by atoms with Crippen molar-refractivity contribution >= 4 is 27.6 Å². The summed E-state index contributed by atoms with van der Waals surface area (Å²) in [5.74, 6) is 1.43. The SMILES string of the molecule is CCNc1cc(S(=O)(=O)N2CCSC(C)(C)C2)ccn1. The van der Waals surface area contributed by atoms with Crippen LogP contribution in [0.5, 0.6) is 0 Å². The van der Waals surface area contributed by atoms with Crippen LogP contribution in [-0.2, 0) is 10.0 Å². The molecule has 7 heteroatoms. The number of anilines is 1. The molecule has 1 fully saturated rings. The summed E-state index contributed by atoms with van der Waals surface area (Å²) >= 11 is 1.82. The van der Waals surface area contributed by atoms with Crippen molar-refractivity contribution in [3.8, 4) is 0 Å². The van der Waals surface area contributed by atoms with Crippen molar-refractivity contribution < 1.29 is 8.42 Å². The van der Waals surface area contributed by atoms with Gasteiger partial charge in [-0.15, -0.1) is 0 Å². The Morgan fingerprint density at radius 3 is 2.90 bits per heavy atom. The van der Waals surface area contributed by atoms with Gasteiger partial charge in [0.1, 0.15) is 5.82 Å². The summed E-state index contributed by atoms with van der Waals surface area (Å²) in [4.78, 5) is 4.43. The Kier molecular flexibility index (Phi) is 4.61. The Bertz CT molecular complexity index is 573. The molecule has 1 aliphatic rings. The molecule has 20 heavy (non-hydrogen) atoms. The number of nitrogens with zero attached hydrogens (tertiary/aromatic N) is 2. The van der Waals surface area contributed by atoms with Crippen LogP contribution in [0, 0.1) is 0 Å². The van der Waals surface area contributed by atoms with Crippen molar-refractivity contribution in [1.29, 1.82) is 0 Å². The normalized spacial score (nSPS) is 19.8. The van der Waals surface area contributed by atoms with Crippen molar-refractivity contribution in [1.82, 2.24) is 9.29 Å². The highest BCUT2D eigenvalue weighted by Gasteiger charge is 2.34. The fraction of sp³-hybridized carbons (Fsp3) is 0.615. The summed E-state index contributed by atoms with van der Waals surface area (Å²) in [5, 5.41) is 3.04. The number of sulfonamides is 1. The van der Waals surface area contributed by atoms with Crippen molar-refractivity contribution in [3.05, 3.63) is 18.3 Å². The number of aromatic nitrogens is 1. The Morgan fingerprint density at radius 1 is 1.50 bits per heavy atom. The quantitative estimate of drug-likeness (QED) is 0.921. The van der Waals surface area contributed by atoms with Crippen LogP contribution < -0.4 is 5.32 Å². The van der Waals surface area contributed by atoms with E-state index >= 15 is 0 Å². The lowest BCUT2D eigenvalue weighted by molar-refractivity contribution is 0.387. The molecule has 1 saturated heterocycles. The molecule has 1 aromatic rings. The minimum atomic E-state index is -3.43. The van der Waals surface area contributed by atoms with Gasteiger partial charge in [-0.3, -0.25) is 0 Å². The van der Waals surface area contributed by atoms with E-state index < -0.39 is 10.0 Å². The first-order valence-electron chi connectivity index (χ1n) is 6.69. The highest BCUT2D eigenvalue weighted by atomic mass is 32.2.